The second-order valence-corrected chi connectivity index (χ2v) is 13.1. The van der Waals surface area contributed by atoms with Crippen molar-refractivity contribution in [2.45, 2.75) is 13.3 Å². The van der Waals surface area contributed by atoms with E-state index in [4.69, 9.17) is 18.7 Å². The van der Waals surface area contributed by atoms with Crippen LogP contribution < -0.4 is 0 Å². The van der Waals surface area contributed by atoms with Gasteiger partial charge in [-0.15, -0.1) is 0 Å². The summed E-state index contributed by atoms with van der Waals surface area (Å²) in [5.41, 5.74) is 7.43. The number of hydrogen-bond acceptors (Lipinski definition) is 1. The van der Waals surface area contributed by atoms with Gasteiger partial charge in [-0.3, -0.25) is 4.57 Å². The molecule has 0 aliphatic rings. The quantitative estimate of drug-likeness (QED) is 0.159. The summed E-state index contributed by atoms with van der Waals surface area (Å²) < 4.78 is 87.5. The first-order valence-corrected chi connectivity index (χ1v) is 17.6. The maximum absolute atomic E-state index is 8.86. The van der Waals surface area contributed by atoms with Gasteiger partial charge in [-0.25, -0.2) is 4.98 Å². The summed E-state index contributed by atoms with van der Waals surface area (Å²) in [5.74, 6) is 0.979. The van der Waals surface area contributed by atoms with Crippen LogP contribution in [-0.2, 0) is 6.42 Å². The molecule has 10 aromatic rings. The van der Waals surface area contributed by atoms with Gasteiger partial charge in [0.1, 0.15) is 5.82 Å². The molecule has 0 spiro atoms. The molecule has 0 radical (unpaired) electrons. The van der Waals surface area contributed by atoms with Crippen molar-refractivity contribution < 1.29 is 13.7 Å². The van der Waals surface area contributed by atoms with Crippen molar-refractivity contribution in [3.63, 3.8) is 0 Å². The van der Waals surface area contributed by atoms with Gasteiger partial charge in [0.2, 0.25) is 0 Å². The average Bonchev–Trinajstić information content (AvgIpc) is 3.69. The first-order valence-electron chi connectivity index (χ1n) is 22.6. The second kappa shape index (κ2) is 12.8. The van der Waals surface area contributed by atoms with Crippen molar-refractivity contribution in [2.75, 3.05) is 0 Å². The zero-order chi connectivity index (χ0) is 44.0. The molecule has 0 saturated heterocycles. The minimum atomic E-state index is -0.472. The highest BCUT2D eigenvalue weighted by molar-refractivity contribution is 6.22. The minimum absolute atomic E-state index is 0.0786. The summed E-state index contributed by atoms with van der Waals surface area (Å²) in [5, 5.41) is 5.47. The molecular formula is C51H36N2. The van der Waals surface area contributed by atoms with E-state index in [1.54, 1.807) is 18.2 Å². The topological polar surface area (TPSA) is 17.8 Å². The lowest BCUT2D eigenvalue weighted by molar-refractivity contribution is 0.909. The maximum atomic E-state index is 8.86. The van der Waals surface area contributed by atoms with E-state index in [1.807, 2.05) is 60.7 Å². The smallest absolute Gasteiger partial charge is 0.114 e. The molecule has 9 aromatic carbocycles. The fourth-order valence-corrected chi connectivity index (χ4v) is 7.70. The lowest BCUT2D eigenvalue weighted by Crippen LogP contribution is -2.00. The van der Waals surface area contributed by atoms with Crippen LogP contribution in [0.3, 0.4) is 0 Å². The Morgan fingerprint density at radius 3 is 1.81 bits per heavy atom. The third-order valence-corrected chi connectivity index (χ3v) is 10.1. The fraction of sp³-hybridized carbons (Fsp3) is 0.0392. The van der Waals surface area contributed by atoms with Gasteiger partial charge in [-0.05, 0) is 119 Å². The molecule has 250 valence electrons. The molecule has 2 heteroatoms. The van der Waals surface area contributed by atoms with E-state index in [0.717, 1.165) is 78.0 Å². The predicted octanol–water partition coefficient (Wildman–Crippen LogP) is 13.7. The van der Waals surface area contributed by atoms with Gasteiger partial charge in [0.05, 0.1) is 24.7 Å². The van der Waals surface area contributed by atoms with Crippen LogP contribution in [0.2, 0.25) is 0 Å². The molecule has 0 atom stereocenters. The highest BCUT2D eigenvalue weighted by Crippen LogP contribution is 2.46. The molecule has 53 heavy (non-hydrogen) atoms. The second-order valence-electron chi connectivity index (χ2n) is 13.1. The number of hydrogen-bond donors (Lipinski definition) is 0. The van der Waals surface area contributed by atoms with Gasteiger partial charge in [0, 0.05) is 12.1 Å². The summed E-state index contributed by atoms with van der Waals surface area (Å²) in [4.78, 5) is 4.89. The number of aryl methyl sites for hydroxylation is 1. The molecule has 10 rings (SSSR count). The summed E-state index contributed by atoms with van der Waals surface area (Å²) in [6.45, 7) is 2.11. The highest BCUT2D eigenvalue weighted by Gasteiger charge is 2.19. The first-order chi connectivity index (χ1) is 30.4. The highest BCUT2D eigenvalue weighted by atomic mass is 15.1. The molecule has 0 N–H and O–H groups in total. The van der Waals surface area contributed by atoms with Gasteiger partial charge in [0.25, 0.3) is 0 Å². The van der Waals surface area contributed by atoms with Crippen molar-refractivity contribution in [2.24, 2.45) is 0 Å². The SMILES string of the molecule is [2H]c1c([2H])c([2H])c(-c2cccc(-c3c4ccccc4c(-c4ccc5cc(-n6c(CC)nc7ccccc76)ccc5c4)c4ccc(-c5c([2H])c([2H])c([2H])c([2H])c5[2H])cc34)c2)c([2H])c1[2H]. The Hall–Kier alpha value is -6.77. The number of rotatable bonds is 6. The molecule has 0 aliphatic heterocycles. The predicted molar refractivity (Wildman–Crippen MR) is 225 cm³/mol. The van der Waals surface area contributed by atoms with Crippen LogP contribution in [0, 0.1) is 0 Å². The molecule has 1 heterocycles. The van der Waals surface area contributed by atoms with Crippen LogP contribution in [0.15, 0.2) is 188 Å². The summed E-state index contributed by atoms with van der Waals surface area (Å²) in [6.07, 6.45) is 0.776. The Bertz CT molecular complexity index is 3520. The van der Waals surface area contributed by atoms with Gasteiger partial charge in [0.15, 0.2) is 0 Å². The van der Waals surface area contributed by atoms with Crippen molar-refractivity contribution in [1.29, 1.82) is 0 Å². The lowest BCUT2D eigenvalue weighted by Gasteiger charge is -2.19. The molecule has 1 aromatic heterocycles. The van der Waals surface area contributed by atoms with E-state index < -0.39 is 36.3 Å². The molecule has 0 bridgehead atoms. The van der Waals surface area contributed by atoms with Crippen molar-refractivity contribution in [3.8, 4) is 50.2 Å². The monoisotopic (exact) mass is 686 g/mol. The molecule has 0 unspecified atom stereocenters. The van der Waals surface area contributed by atoms with Crippen LogP contribution in [0.1, 0.15) is 26.5 Å². The van der Waals surface area contributed by atoms with Gasteiger partial charge >= 0.3 is 0 Å². The van der Waals surface area contributed by atoms with E-state index in [0.29, 0.717) is 16.7 Å². The zero-order valence-electron chi connectivity index (χ0n) is 38.7. The molecule has 0 amide bonds. The normalized spacial score (nSPS) is 14.2. The van der Waals surface area contributed by atoms with Crippen molar-refractivity contribution >= 4 is 43.4 Å². The molecular weight excluding hydrogens is 641 g/mol. The van der Waals surface area contributed by atoms with Gasteiger partial charge < -0.3 is 0 Å². The van der Waals surface area contributed by atoms with Crippen molar-refractivity contribution in [1.82, 2.24) is 9.55 Å². The summed E-state index contributed by atoms with van der Waals surface area (Å²) >= 11 is 0. The number of para-hydroxylation sites is 2. The average molecular weight is 687 g/mol. The van der Waals surface area contributed by atoms with E-state index >= 15 is 0 Å². The maximum Gasteiger partial charge on any atom is 0.114 e. The van der Waals surface area contributed by atoms with Gasteiger partial charge in [-0.1, -0.05) is 152 Å². The van der Waals surface area contributed by atoms with Crippen LogP contribution in [0.5, 0.6) is 0 Å². The zero-order valence-corrected chi connectivity index (χ0v) is 28.7. The van der Waals surface area contributed by atoms with Gasteiger partial charge in [-0.2, -0.15) is 0 Å². The van der Waals surface area contributed by atoms with Crippen LogP contribution in [0.4, 0.5) is 0 Å². The third-order valence-electron chi connectivity index (χ3n) is 10.1. The molecule has 0 fully saturated rings. The Morgan fingerprint density at radius 2 is 1.06 bits per heavy atom. The summed E-state index contributed by atoms with van der Waals surface area (Å²) in [7, 11) is 0. The number of aromatic nitrogens is 2. The first kappa shape index (κ1) is 22.2. The lowest BCUT2D eigenvalue weighted by atomic mass is 9.84. The fourth-order valence-electron chi connectivity index (χ4n) is 7.70. The molecule has 0 aliphatic carbocycles. The molecule has 2 nitrogen and oxygen atoms in total. The van der Waals surface area contributed by atoms with Crippen LogP contribution in [0.25, 0.3) is 93.5 Å². The summed E-state index contributed by atoms with van der Waals surface area (Å²) in [6, 6.07) is 38.0. The van der Waals surface area contributed by atoms with Crippen LogP contribution in [-0.4, -0.2) is 9.55 Å². The minimum Gasteiger partial charge on any atom is -0.296 e. The van der Waals surface area contributed by atoms with E-state index in [-0.39, 0.29) is 35.3 Å². The molecule has 0 saturated carbocycles. The Balaban J connectivity index is 1.24. The number of benzene rings is 9. The number of imidazole rings is 1. The third kappa shape index (κ3) is 5.30. The Labute approximate surface area is 323 Å². The van der Waals surface area contributed by atoms with E-state index in [1.165, 1.54) is 0 Å². The standard InChI is InChI=1S/C51H36N2/c1-2-49-52-47-22-11-12-23-48(47)53(49)42-28-26-37-31-41(25-24-38(37)32-42)50-43-20-9-10-21-44(43)51(40-19-13-18-36(30-40)34-14-5-3-6-15-34)46-33-39(27-29-45(46)50)35-16-7-4-8-17-35/h3-33H,2H2,1H3/i3D,4D,5D,6D,7D,8D,14D,15D,16D,17D. The van der Waals surface area contributed by atoms with E-state index in [2.05, 4.69) is 60.0 Å². The Morgan fingerprint density at radius 1 is 0.472 bits per heavy atom. The number of fused-ring (bicyclic) bond motifs is 4. The Kier molecular flexibility index (Phi) is 5.36. The number of nitrogens with zero attached hydrogens (tertiary/aromatic N) is 2. The van der Waals surface area contributed by atoms with E-state index in [9.17, 15) is 0 Å². The largest absolute Gasteiger partial charge is 0.296 e. The van der Waals surface area contributed by atoms with Crippen LogP contribution >= 0.6 is 0 Å². The van der Waals surface area contributed by atoms with Crippen molar-refractivity contribution in [3.05, 3.63) is 194 Å².